The summed E-state index contributed by atoms with van der Waals surface area (Å²) in [6.07, 6.45) is 1.56. The number of aromatic nitrogens is 1. The molecule has 0 bridgehead atoms. The average Bonchev–Trinajstić information content (AvgIpc) is 2.75. The van der Waals surface area contributed by atoms with E-state index >= 15 is 0 Å². The minimum atomic E-state index is -0.239. The first-order valence-corrected chi connectivity index (χ1v) is 9.59. The summed E-state index contributed by atoms with van der Waals surface area (Å²) in [5, 5.41) is 3.42. The summed E-state index contributed by atoms with van der Waals surface area (Å²) in [4.78, 5) is 24.6. The zero-order valence-corrected chi connectivity index (χ0v) is 16.5. The number of guanidine groups is 1. The Hall–Kier alpha value is -3.09. The number of carbonyl (C=O) groups is 1. The molecule has 0 spiro atoms. The molecule has 1 N–H and O–H groups in total. The van der Waals surface area contributed by atoms with Crippen molar-refractivity contribution >= 4 is 12.1 Å². The zero-order chi connectivity index (χ0) is 19.8. The molecule has 1 amide bonds. The minimum Gasteiger partial charge on any atom is -0.450 e. The molecule has 2 aromatic rings. The second-order valence-corrected chi connectivity index (χ2v) is 6.49. The maximum atomic E-state index is 11.8. The Bertz CT molecular complexity index is 801. The number of benzene rings is 1. The first kappa shape index (κ1) is 19.7. The van der Waals surface area contributed by atoms with Crippen LogP contribution in [0.15, 0.2) is 53.7 Å². The Labute approximate surface area is 166 Å². The number of pyridine rings is 1. The lowest BCUT2D eigenvalue weighted by Crippen LogP contribution is -2.53. The number of rotatable bonds is 4. The van der Waals surface area contributed by atoms with Crippen molar-refractivity contribution in [3.8, 4) is 11.3 Å². The summed E-state index contributed by atoms with van der Waals surface area (Å²) in [6.45, 7) is 5.62. The van der Waals surface area contributed by atoms with Gasteiger partial charge in [0.2, 0.25) is 0 Å². The first-order chi connectivity index (χ1) is 13.7. The predicted octanol–water partition coefficient (Wildman–Crippen LogP) is 2.60. The van der Waals surface area contributed by atoms with Gasteiger partial charge in [-0.2, -0.15) is 0 Å². The van der Waals surface area contributed by atoms with Crippen molar-refractivity contribution in [2.75, 3.05) is 39.8 Å². The summed E-state index contributed by atoms with van der Waals surface area (Å²) >= 11 is 0. The third-order valence-corrected chi connectivity index (χ3v) is 4.66. The van der Waals surface area contributed by atoms with Crippen LogP contribution in [0.25, 0.3) is 11.3 Å². The highest BCUT2D eigenvalue weighted by molar-refractivity contribution is 5.80. The Kier molecular flexibility index (Phi) is 6.84. The van der Waals surface area contributed by atoms with Crippen LogP contribution in [0.1, 0.15) is 12.5 Å². The van der Waals surface area contributed by atoms with Gasteiger partial charge in [-0.1, -0.05) is 24.3 Å². The molecular weight excluding hydrogens is 354 g/mol. The molecule has 2 heterocycles. The van der Waals surface area contributed by atoms with Gasteiger partial charge in [-0.15, -0.1) is 0 Å². The largest absolute Gasteiger partial charge is 0.450 e. The third-order valence-electron chi connectivity index (χ3n) is 4.66. The van der Waals surface area contributed by atoms with E-state index in [2.05, 4.69) is 38.4 Å². The van der Waals surface area contributed by atoms with Crippen molar-refractivity contribution in [1.82, 2.24) is 20.1 Å². The molecule has 0 aliphatic carbocycles. The normalized spacial score (nSPS) is 14.7. The van der Waals surface area contributed by atoms with E-state index < -0.39 is 0 Å². The summed E-state index contributed by atoms with van der Waals surface area (Å²) in [7, 11) is 1.78. The molecule has 1 aromatic heterocycles. The van der Waals surface area contributed by atoms with Gasteiger partial charge in [-0.05, 0) is 30.7 Å². The Morgan fingerprint density at radius 3 is 2.61 bits per heavy atom. The summed E-state index contributed by atoms with van der Waals surface area (Å²) in [6, 6.07) is 14.3. The number of carbonyl (C=O) groups excluding carboxylic acids is 1. The fourth-order valence-electron chi connectivity index (χ4n) is 3.20. The molecule has 1 aliphatic heterocycles. The van der Waals surface area contributed by atoms with Crippen molar-refractivity contribution in [2.24, 2.45) is 4.99 Å². The van der Waals surface area contributed by atoms with E-state index in [9.17, 15) is 4.79 Å². The minimum absolute atomic E-state index is 0.239. The number of hydrogen-bond donors (Lipinski definition) is 1. The van der Waals surface area contributed by atoms with Gasteiger partial charge in [-0.3, -0.25) is 9.98 Å². The maximum Gasteiger partial charge on any atom is 0.409 e. The second kappa shape index (κ2) is 9.73. The Balaban J connectivity index is 1.56. The quantitative estimate of drug-likeness (QED) is 0.651. The summed E-state index contributed by atoms with van der Waals surface area (Å²) in [5.41, 5.74) is 3.22. The Morgan fingerprint density at radius 1 is 1.14 bits per heavy atom. The molecule has 0 atom stereocenters. The zero-order valence-electron chi connectivity index (χ0n) is 16.5. The lowest BCUT2D eigenvalue weighted by atomic mass is 10.1. The lowest BCUT2D eigenvalue weighted by Gasteiger charge is -2.35. The highest BCUT2D eigenvalue weighted by atomic mass is 16.6. The van der Waals surface area contributed by atoms with Crippen LogP contribution in [-0.4, -0.2) is 66.7 Å². The van der Waals surface area contributed by atoms with Crippen molar-refractivity contribution < 1.29 is 9.53 Å². The summed E-state index contributed by atoms with van der Waals surface area (Å²) < 4.78 is 5.07. The van der Waals surface area contributed by atoms with E-state index in [1.807, 2.05) is 31.2 Å². The van der Waals surface area contributed by atoms with E-state index in [-0.39, 0.29) is 6.09 Å². The number of aliphatic imine (C=N–C) groups is 1. The number of ether oxygens (including phenoxy) is 1. The first-order valence-electron chi connectivity index (χ1n) is 9.59. The van der Waals surface area contributed by atoms with Crippen molar-refractivity contribution in [1.29, 1.82) is 0 Å². The third kappa shape index (κ3) is 5.00. The molecule has 0 radical (unpaired) electrons. The predicted molar refractivity (Wildman–Crippen MR) is 110 cm³/mol. The highest BCUT2D eigenvalue weighted by Crippen LogP contribution is 2.17. The van der Waals surface area contributed by atoms with E-state index in [1.165, 1.54) is 0 Å². The molecule has 1 aliphatic rings. The molecule has 0 saturated carbocycles. The van der Waals surface area contributed by atoms with Gasteiger partial charge in [0, 0.05) is 51.5 Å². The van der Waals surface area contributed by atoms with Crippen LogP contribution in [0.2, 0.25) is 0 Å². The van der Waals surface area contributed by atoms with Gasteiger partial charge in [0.1, 0.15) is 0 Å². The molecule has 28 heavy (non-hydrogen) atoms. The topological polar surface area (TPSA) is 70.1 Å². The van der Waals surface area contributed by atoms with Crippen molar-refractivity contribution in [3.05, 3.63) is 54.2 Å². The van der Waals surface area contributed by atoms with Crippen LogP contribution in [0.3, 0.4) is 0 Å². The van der Waals surface area contributed by atoms with E-state index in [0.29, 0.717) is 26.2 Å². The number of hydrogen-bond acceptors (Lipinski definition) is 4. The van der Waals surface area contributed by atoms with Crippen LogP contribution in [-0.2, 0) is 11.3 Å². The lowest BCUT2D eigenvalue weighted by molar-refractivity contribution is 0.0914. The van der Waals surface area contributed by atoms with Gasteiger partial charge in [0.05, 0.1) is 12.3 Å². The van der Waals surface area contributed by atoms with Gasteiger partial charge in [0.25, 0.3) is 0 Å². The number of piperazine rings is 1. The molecule has 3 rings (SSSR count). The number of nitrogens with zero attached hydrogens (tertiary/aromatic N) is 4. The van der Waals surface area contributed by atoms with E-state index in [0.717, 1.165) is 35.9 Å². The smallest absolute Gasteiger partial charge is 0.409 e. The van der Waals surface area contributed by atoms with Gasteiger partial charge in [0.15, 0.2) is 5.96 Å². The molecular formula is C21H27N5O2. The van der Waals surface area contributed by atoms with Crippen molar-refractivity contribution in [3.63, 3.8) is 0 Å². The van der Waals surface area contributed by atoms with Crippen LogP contribution in [0.5, 0.6) is 0 Å². The highest BCUT2D eigenvalue weighted by Gasteiger charge is 2.23. The second-order valence-electron chi connectivity index (χ2n) is 6.49. The monoisotopic (exact) mass is 381 g/mol. The molecule has 148 valence electrons. The standard InChI is InChI=1S/C21H27N5O2/c1-3-28-21(27)26-13-11-25(12-14-26)20(22-2)24-16-17-7-6-8-18(15-17)19-9-4-5-10-23-19/h4-10,15H,3,11-14,16H2,1-2H3,(H,22,24). The molecule has 7 heteroatoms. The van der Waals surface area contributed by atoms with Gasteiger partial charge in [-0.25, -0.2) is 4.79 Å². The SMILES string of the molecule is CCOC(=O)N1CCN(C(=NC)NCc2cccc(-c3ccccn3)c2)CC1. The number of amides is 1. The van der Waals surface area contributed by atoms with E-state index in [1.54, 1.807) is 18.1 Å². The summed E-state index contributed by atoms with van der Waals surface area (Å²) in [5.74, 6) is 0.840. The van der Waals surface area contributed by atoms with Gasteiger partial charge >= 0.3 is 6.09 Å². The molecule has 1 fully saturated rings. The van der Waals surface area contributed by atoms with Crippen LogP contribution in [0, 0.1) is 0 Å². The van der Waals surface area contributed by atoms with Crippen LogP contribution in [0.4, 0.5) is 4.79 Å². The fraction of sp³-hybridized carbons (Fsp3) is 0.381. The Morgan fingerprint density at radius 2 is 1.93 bits per heavy atom. The maximum absolute atomic E-state index is 11.8. The van der Waals surface area contributed by atoms with Crippen LogP contribution >= 0.6 is 0 Å². The molecule has 1 aromatic carbocycles. The fourth-order valence-corrected chi connectivity index (χ4v) is 3.20. The molecule has 0 unspecified atom stereocenters. The molecule has 7 nitrogen and oxygen atoms in total. The molecule has 1 saturated heterocycles. The van der Waals surface area contributed by atoms with E-state index in [4.69, 9.17) is 4.74 Å². The van der Waals surface area contributed by atoms with Crippen LogP contribution < -0.4 is 5.32 Å². The number of nitrogens with one attached hydrogen (secondary N) is 1. The van der Waals surface area contributed by atoms with Gasteiger partial charge < -0.3 is 19.9 Å². The van der Waals surface area contributed by atoms with Crippen molar-refractivity contribution in [2.45, 2.75) is 13.5 Å². The average molecular weight is 381 g/mol.